The molecule has 0 atom stereocenters. The van der Waals surface area contributed by atoms with Crippen molar-refractivity contribution in [1.29, 1.82) is 0 Å². The molecule has 1 aliphatic heterocycles. The topological polar surface area (TPSA) is 61.8 Å². The largest absolute Gasteiger partial charge is 0.351 e. The van der Waals surface area contributed by atoms with Crippen molar-refractivity contribution in [3.05, 3.63) is 75.4 Å². The Morgan fingerprint density at radius 3 is 2.68 bits per heavy atom. The van der Waals surface area contributed by atoms with E-state index in [4.69, 9.17) is 23.2 Å². The molecule has 0 aliphatic carbocycles. The summed E-state index contributed by atoms with van der Waals surface area (Å²) >= 11 is 13.3. The van der Waals surface area contributed by atoms with Gasteiger partial charge in [-0.25, -0.2) is 4.99 Å². The monoisotopic (exact) mass is 433 g/mol. The van der Waals surface area contributed by atoms with Gasteiger partial charge < -0.3 is 5.32 Å². The minimum Gasteiger partial charge on any atom is -0.351 e. The van der Waals surface area contributed by atoms with Gasteiger partial charge >= 0.3 is 0 Å². The van der Waals surface area contributed by atoms with Gasteiger partial charge in [-0.15, -0.1) is 0 Å². The maximum absolute atomic E-state index is 12.4. The molecule has 0 aromatic heterocycles. The number of rotatable bonds is 5. The smallest absolute Gasteiger partial charge is 0.278 e. The summed E-state index contributed by atoms with van der Waals surface area (Å²) in [5, 5.41) is 4.27. The molecule has 1 aliphatic rings. The minimum atomic E-state index is -0.252. The Labute approximate surface area is 177 Å². The van der Waals surface area contributed by atoms with Gasteiger partial charge in [0.05, 0.1) is 5.75 Å². The van der Waals surface area contributed by atoms with Crippen LogP contribution in [-0.4, -0.2) is 34.7 Å². The molecule has 0 saturated heterocycles. The van der Waals surface area contributed by atoms with Crippen LogP contribution in [0.4, 0.5) is 0 Å². The lowest BCUT2D eigenvalue weighted by molar-refractivity contribution is -0.121. The Bertz CT molecular complexity index is 961. The third kappa shape index (κ3) is 5.16. The molecular formula is C20H17Cl2N3O2S. The van der Waals surface area contributed by atoms with Crippen LogP contribution in [0.15, 0.2) is 59.2 Å². The molecular weight excluding hydrogens is 417 g/mol. The number of halogens is 2. The molecule has 2 aromatic carbocycles. The van der Waals surface area contributed by atoms with Gasteiger partial charge in [-0.2, -0.15) is 0 Å². The number of likely N-dealkylation sites (N-methyl/N-ethyl adjacent to an activating group) is 1. The van der Waals surface area contributed by atoms with Crippen molar-refractivity contribution in [2.24, 2.45) is 4.99 Å². The van der Waals surface area contributed by atoms with Crippen LogP contribution in [0.1, 0.15) is 11.1 Å². The number of amidine groups is 1. The number of nitrogens with zero attached hydrogens (tertiary/aromatic N) is 2. The second kappa shape index (κ2) is 9.28. The van der Waals surface area contributed by atoms with E-state index in [1.165, 1.54) is 16.7 Å². The fourth-order valence-electron chi connectivity index (χ4n) is 2.45. The second-order valence-corrected chi connectivity index (χ2v) is 7.79. The Morgan fingerprint density at radius 1 is 1.21 bits per heavy atom. The average molecular weight is 434 g/mol. The molecule has 1 heterocycles. The first-order valence-electron chi connectivity index (χ1n) is 8.41. The summed E-state index contributed by atoms with van der Waals surface area (Å²) in [7, 11) is 1.63. The molecule has 0 unspecified atom stereocenters. The summed E-state index contributed by atoms with van der Waals surface area (Å²) in [6.07, 6.45) is 1.61. The van der Waals surface area contributed by atoms with Gasteiger partial charge in [0.1, 0.15) is 5.70 Å². The Hall–Kier alpha value is -2.28. The highest BCUT2D eigenvalue weighted by atomic mass is 35.5. The van der Waals surface area contributed by atoms with E-state index in [1.54, 1.807) is 31.3 Å². The average Bonchev–Trinajstić information content (AvgIpc) is 2.95. The van der Waals surface area contributed by atoms with Gasteiger partial charge in [0.25, 0.3) is 5.91 Å². The fourth-order valence-corrected chi connectivity index (χ4v) is 3.72. The first-order chi connectivity index (χ1) is 13.4. The van der Waals surface area contributed by atoms with Gasteiger partial charge in [0.2, 0.25) is 5.91 Å². The van der Waals surface area contributed by atoms with Crippen LogP contribution < -0.4 is 5.32 Å². The predicted molar refractivity (Wildman–Crippen MR) is 115 cm³/mol. The number of hydrogen-bond donors (Lipinski definition) is 1. The van der Waals surface area contributed by atoms with Crippen molar-refractivity contribution >= 4 is 58.0 Å². The lowest BCUT2D eigenvalue weighted by atomic mass is 10.2. The summed E-state index contributed by atoms with van der Waals surface area (Å²) in [4.78, 5) is 30.3. The molecule has 0 bridgehead atoms. The van der Waals surface area contributed by atoms with Crippen LogP contribution in [0.2, 0.25) is 10.0 Å². The van der Waals surface area contributed by atoms with Crippen molar-refractivity contribution in [2.75, 3.05) is 12.8 Å². The molecule has 0 spiro atoms. The maximum Gasteiger partial charge on any atom is 0.278 e. The molecule has 0 radical (unpaired) electrons. The lowest BCUT2D eigenvalue weighted by Gasteiger charge is -2.10. The highest BCUT2D eigenvalue weighted by molar-refractivity contribution is 8.14. The van der Waals surface area contributed by atoms with E-state index in [0.717, 1.165) is 5.56 Å². The summed E-state index contributed by atoms with van der Waals surface area (Å²) < 4.78 is 0. The van der Waals surface area contributed by atoms with Crippen LogP contribution in [-0.2, 0) is 16.1 Å². The van der Waals surface area contributed by atoms with Gasteiger partial charge in [0, 0.05) is 23.6 Å². The van der Waals surface area contributed by atoms with Crippen LogP contribution in [0.25, 0.3) is 6.08 Å². The van der Waals surface area contributed by atoms with Crippen molar-refractivity contribution in [2.45, 2.75) is 6.54 Å². The van der Waals surface area contributed by atoms with E-state index in [0.29, 0.717) is 27.3 Å². The lowest BCUT2D eigenvalue weighted by Crippen LogP contribution is -2.29. The van der Waals surface area contributed by atoms with Crippen molar-refractivity contribution in [3.63, 3.8) is 0 Å². The highest BCUT2D eigenvalue weighted by Crippen LogP contribution is 2.27. The minimum absolute atomic E-state index is 0.129. The van der Waals surface area contributed by atoms with Gasteiger partial charge in [-0.3, -0.25) is 14.5 Å². The van der Waals surface area contributed by atoms with Crippen LogP contribution in [0.5, 0.6) is 0 Å². The van der Waals surface area contributed by atoms with Crippen molar-refractivity contribution in [1.82, 2.24) is 10.2 Å². The van der Waals surface area contributed by atoms with E-state index in [9.17, 15) is 9.59 Å². The predicted octanol–water partition coefficient (Wildman–Crippen LogP) is 4.21. The van der Waals surface area contributed by atoms with E-state index in [1.807, 2.05) is 30.3 Å². The molecule has 0 fully saturated rings. The van der Waals surface area contributed by atoms with Gasteiger partial charge in [-0.1, -0.05) is 71.4 Å². The third-order valence-corrected chi connectivity index (χ3v) is 5.54. The second-order valence-electron chi connectivity index (χ2n) is 6.00. The molecule has 5 nitrogen and oxygen atoms in total. The zero-order chi connectivity index (χ0) is 20.1. The molecule has 28 heavy (non-hydrogen) atoms. The zero-order valence-electron chi connectivity index (χ0n) is 15.0. The zero-order valence-corrected chi connectivity index (χ0v) is 17.3. The number of benzene rings is 2. The SMILES string of the molecule is CN1C(=O)/C(=C\c2ccc(Cl)cc2Cl)N=C1SCC(=O)NCc1ccccc1. The van der Waals surface area contributed by atoms with E-state index in [2.05, 4.69) is 10.3 Å². The number of nitrogens with one attached hydrogen (secondary N) is 1. The Kier molecular flexibility index (Phi) is 6.78. The quantitative estimate of drug-likeness (QED) is 0.718. The van der Waals surface area contributed by atoms with E-state index < -0.39 is 0 Å². The Balaban J connectivity index is 1.62. The standard InChI is InChI=1S/C20H17Cl2N3O2S/c1-25-19(27)17(9-14-7-8-15(21)10-16(14)22)24-20(25)28-12-18(26)23-11-13-5-3-2-4-6-13/h2-10H,11-12H2,1H3,(H,23,26)/b17-9+. The fraction of sp³-hybridized carbons (Fsp3) is 0.150. The van der Waals surface area contributed by atoms with Gasteiger partial charge in [-0.05, 0) is 29.3 Å². The van der Waals surface area contributed by atoms with Crippen molar-refractivity contribution in [3.8, 4) is 0 Å². The normalized spacial score (nSPS) is 15.1. The van der Waals surface area contributed by atoms with Crippen LogP contribution in [0.3, 0.4) is 0 Å². The number of aliphatic imine (C=N–C) groups is 1. The molecule has 1 N–H and O–H groups in total. The van der Waals surface area contributed by atoms with Crippen LogP contribution in [0, 0.1) is 0 Å². The molecule has 2 amide bonds. The molecule has 8 heteroatoms. The number of thioether (sulfide) groups is 1. The van der Waals surface area contributed by atoms with Crippen molar-refractivity contribution < 1.29 is 9.59 Å². The summed E-state index contributed by atoms with van der Waals surface area (Å²) in [6.45, 7) is 0.460. The Morgan fingerprint density at radius 2 is 1.96 bits per heavy atom. The first-order valence-corrected chi connectivity index (χ1v) is 10.1. The number of amides is 2. The summed E-state index contributed by atoms with van der Waals surface area (Å²) in [6, 6.07) is 14.7. The molecule has 144 valence electrons. The molecule has 0 saturated carbocycles. The number of carbonyl (C=O) groups is 2. The highest BCUT2D eigenvalue weighted by Gasteiger charge is 2.27. The number of carbonyl (C=O) groups excluding carboxylic acids is 2. The first kappa shape index (κ1) is 20.5. The number of hydrogen-bond acceptors (Lipinski definition) is 4. The van der Waals surface area contributed by atoms with E-state index >= 15 is 0 Å². The third-order valence-electron chi connectivity index (χ3n) is 3.95. The van der Waals surface area contributed by atoms with Crippen LogP contribution >= 0.6 is 35.0 Å². The summed E-state index contributed by atoms with van der Waals surface area (Å²) in [5.41, 5.74) is 1.94. The van der Waals surface area contributed by atoms with Gasteiger partial charge in [0.15, 0.2) is 5.17 Å². The molecule has 2 aromatic rings. The van der Waals surface area contributed by atoms with E-state index in [-0.39, 0.29) is 23.3 Å². The maximum atomic E-state index is 12.4. The summed E-state index contributed by atoms with van der Waals surface area (Å²) in [5.74, 6) is -0.216. The molecule has 3 rings (SSSR count).